The normalized spacial score (nSPS) is 27.5. The van der Waals surface area contributed by atoms with E-state index in [9.17, 15) is 0 Å². The Kier molecular flexibility index (Phi) is 4.02. The maximum atomic E-state index is 5.47. The smallest absolute Gasteiger partial charge is 0.0593 e. The lowest BCUT2D eigenvalue weighted by Crippen LogP contribution is -2.40. The molecule has 1 aliphatic heterocycles. The lowest BCUT2D eigenvalue weighted by Gasteiger charge is -2.31. The Labute approximate surface area is 75.9 Å². The van der Waals surface area contributed by atoms with Crippen molar-refractivity contribution in [2.45, 2.75) is 45.7 Å². The van der Waals surface area contributed by atoms with Crippen molar-refractivity contribution in [1.82, 2.24) is 4.90 Å². The van der Waals surface area contributed by atoms with Gasteiger partial charge >= 0.3 is 0 Å². The first-order valence-corrected chi connectivity index (χ1v) is 5.09. The van der Waals surface area contributed by atoms with Gasteiger partial charge in [-0.3, -0.25) is 4.90 Å². The van der Waals surface area contributed by atoms with Gasteiger partial charge in [0.1, 0.15) is 0 Å². The molecule has 1 heterocycles. The fourth-order valence-electron chi connectivity index (χ4n) is 1.96. The summed E-state index contributed by atoms with van der Waals surface area (Å²) in [6.07, 6.45) is 2.45. The van der Waals surface area contributed by atoms with Crippen molar-refractivity contribution in [2.24, 2.45) is 0 Å². The molecule has 1 fully saturated rings. The van der Waals surface area contributed by atoms with Gasteiger partial charge in [0.2, 0.25) is 0 Å². The van der Waals surface area contributed by atoms with E-state index in [2.05, 4.69) is 25.7 Å². The number of ether oxygens (including phenoxy) is 1. The van der Waals surface area contributed by atoms with E-state index in [4.69, 9.17) is 4.74 Å². The minimum Gasteiger partial charge on any atom is -0.380 e. The summed E-state index contributed by atoms with van der Waals surface area (Å²) in [5.41, 5.74) is 0. The predicted molar refractivity (Wildman–Crippen MR) is 51.4 cm³/mol. The van der Waals surface area contributed by atoms with Gasteiger partial charge in [-0.15, -0.1) is 0 Å². The molecular weight excluding hydrogens is 150 g/mol. The largest absolute Gasteiger partial charge is 0.380 e. The molecule has 0 aromatic carbocycles. The van der Waals surface area contributed by atoms with Gasteiger partial charge < -0.3 is 4.74 Å². The van der Waals surface area contributed by atoms with Gasteiger partial charge in [-0.1, -0.05) is 6.92 Å². The molecule has 0 N–H and O–H groups in total. The highest BCUT2D eigenvalue weighted by molar-refractivity contribution is 4.75. The van der Waals surface area contributed by atoms with Crippen LogP contribution in [0, 0.1) is 0 Å². The van der Waals surface area contributed by atoms with Gasteiger partial charge in [0.15, 0.2) is 0 Å². The van der Waals surface area contributed by atoms with E-state index >= 15 is 0 Å². The third kappa shape index (κ3) is 2.46. The van der Waals surface area contributed by atoms with Crippen LogP contribution in [0.5, 0.6) is 0 Å². The number of nitrogens with zero attached hydrogens (tertiary/aromatic N) is 1. The summed E-state index contributed by atoms with van der Waals surface area (Å²) >= 11 is 0. The molecule has 12 heavy (non-hydrogen) atoms. The highest BCUT2D eigenvalue weighted by Crippen LogP contribution is 2.15. The van der Waals surface area contributed by atoms with Crippen molar-refractivity contribution in [1.29, 1.82) is 0 Å². The maximum Gasteiger partial charge on any atom is 0.0593 e. The van der Waals surface area contributed by atoms with Gasteiger partial charge in [-0.05, 0) is 26.7 Å². The zero-order chi connectivity index (χ0) is 8.97. The molecule has 0 amide bonds. The van der Waals surface area contributed by atoms with E-state index in [1.54, 1.807) is 0 Å². The van der Waals surface area contributed by atoms with Crippen LogP contribution in [0.2, 0.25) is 0 Å². The average molecular weight is 171 g/mol. The molecule has 1 aliphatic rings. The minimum absolute atomic E-state index is 0.664. The zero-order valence-electron chi connectivity index (χ0n) is 8.55. The molecule has 0 bridgehead atoms. The fourth-order valence-corrected chi connectivity index (χ4v) is 1.96. The van der Waals surface area contributed by atoms with Gasteiger partial charge in [0, 0.05) is 25.2 Å². The molecular formula is C10H21NO. The second-order valence-electron chi connectivity index (χ2n) is 3.79. The van der Waals surface area contributed by atoms with Crippen molar-refractivity contribution < 1.29 is 4.74 Å². The Balaban J connectivity index is 2.51. The molecule has 0 radical (unpaired) electrons. The first-order chi connectivity index (χ1) is 5.75. The summed E-state index contributed by atoms with van der Waals surface area (Å²) in [6, 6.07) is 1.41. The SMILES string of the molecule is CC[C@@H]1CCOCCN1C(C)C. The van der Waals surface area contributed by atoms with E-state index < -0.39 is 0 Å². The standard InChI is InChI=1S/C10H21NO/c1-4-10-5-7-12-8-6-11(10)9(2)3/h9-10H,4-8H2,1-3H3/t10-/m1/s1. The fraction of sp³-hybridized carbons (Fsp3) is 1.00. The molecule has 0 aromatic heterocycles. The molecule has 1 saturated heterocycles. The molecule has 1 atom stereocenters. The van der Waals surface area contributed by atoms with Gasteiger partial charge in [-0.2, -0.15) is 0 Å². The average Bonchev–Trinajstić information content (AvgIpc) is 2.27. The van der Waals surface area contributed by atoms with Gasteiger partial charge in [0.05, 0.1) is 6.61 Å². The number of hydrogen-bond acceptors (Lipinski definition) is 2. The molecule has 0 saturated carbocycles. The Hall–Kier alpha value is -0.0800. The molecule has 0 spiro atoms. The van der Waals surface area contributed by atoms with E-state index in [0.717, 1.165) is 25.8 Å². The van der Waals surface area contributed by atoms with Gasteiger partial charge in [0.25, 0.3) is 0 Å². The molecule has 0 aliphatic carbocycles. The summed E-state index contributed by atoms with van der Waals surface area (Å²) in [5, 5.41) is 0. The number of hydrogen-bond donors (Lipinski definition) is 0. The number of rotatable bonds is 2. The minimum atomic E-state index is 0.664. The molecule has 0 aromatic rings. The van der Waals surface area contributed by atoms with Crippen molar-refractivity contribution in [3.63, 3.8) is 0 Å². The van der Waals surface area contributed by atoms with Crippen LogP contribution in [0.3, 0.4) is 0 Å². The highest BCUT2D eigenvalue weighted by atomic mass is 16.5. The highest BCUT2D eigenvalue weighted by Gasteiger charge is 2.21. The summed E-state index contributed by atoms with van der Waals surface area (Å²) in [7, 11) is 0. The third-order valence-electron chi connectivity index (χ3n) is 2.69. The van der Waals surface area contributed by atoms with Crippen molar-refractivity contribution in [3.8, 4) is 0 Å². The van der Waals surface area contributed by atoms with E-state index in [1.807, 2.05) is 0 Å². The third-order valence-corrected chi connectivity index (χ3v) is 2.69. The monoisotopic (exact) mass is 171 g/mol. The van der Waals surface area contributed by atoms with Crippen LogP contribution in [0.15, 0.2) is 0 Å². The Morgan fingerprint density at radius 3 is 2.75 bits per heavy atom. The van der Waals surface area contributed by atoms with Crippen LogP contribution in [-0.4, -0.2) is 36.7 Å². The summed E-state index contributed by atoms with van der Waals surface area (Å²) in [4.78, 5) is 2.56. The Morgan fingerprint density at radius 1 is 1.42 bits per heavy atom. The lowest BCUT2D eigenvalue weighted by molar-refractivity contribution is 0.128. The first kappa shape index (κ1) is 10.0. The zero-order valence-corrected chi connectivity index (χ0v) is 8.55. The molecule has 1 rings (SSSR count). The molecule has 2 heteroatoms. The topological polar surface area (TPSA) is 12.5 Å². The quantitative estimate of drug-likeness (QED) is 0.629. The second kappa shape index (κ2) is 4.83. The van der Waals surface area contributed by atoms with Crippen LogP contribution in [0.4, 0.5) is 0 Å². The van der Waals surface area contributed by atoms with Crippen LogP contribution in [-0.2, 0) is 4.74 Å². The van der Waals surface area contributed by atoms with Crippen molar-refractivity contribution >= 4 is 0 Å². The maximum absolute atomic E-state index is 5.47. The van der Waals surface area contributed by atoms with Crippen LogP contribution in [0.25, 0.3) is 0 Å². The van der Waals surface area contributed by atoms with Crippen molar-refractivity contribution in [3.05, 3.63) is 0 Å². The van der Waals surface area contributed by atoms with E-state index in [1.165, 1.54) is 12.8 Å². The van der Waals surface area contributed by atoms with Gasteiger partial charge in [-0.25, -0.2) is 0 Å². The molecule has 72 valence electrons. The van der Waals surface area contributed by atoms with E-state index in [0.29, 0.717) is 6.04 Å². The van der Waals surface area contributed by atoms with E-state index in [-0.39, 0.29) is 0 Å². The Morgan fingerprint density at radius 2 is 2.17 bits per heavy atom. The summed E-state index contributed by atoms with van der Waals surface area (Å²) in [6.45, 7) is 9.78. The molecule has 0 unspecified atom stereocenters. The van der Waals surface area contributed by atoms with Crippen LogP contribution in [0.1, 0.15) is 33.6 Å². The van der Waals surface area contributed by atoms with Crippen LogP contribution < -0.4 is 0 Å². The Bertz CT molecular complexity index is 125. The first-order valence-electron chi connectivity index (χ1n) is 5.09. The van der Waals surface area contributed by atoms with Crippen molar-refractivity contribution in [2.75, 3.05) is 19.8 Å². The van der Waals surface area contributed by atoms with Crippen LogP contribution >= 0.6 is 0 Å². The molecule has 2 nitrogen and oxygen atoms in total. The second-order valence-corrected chi connectivity index (χ2v) is 3.79. The predicted octanol–water partition coefficient (Wildman–Crippen LogP) is 1.90. The summed E-state index contributed by atoms with van der Waals surface area (Å²) < 4.78 is 5.47. The lowest BCUT2D eigenvalue weighted by atomic mass is 10.1. The summed E-state index contributed by atoms with van der Waals surface area (Å²) in [5.74, 6) is 0.